The molecule has 1 rings (SSSR count). The predicted octanol–water partition coefficient (Wildman–Crippen LogP) is 2.42. The zero-order valence-corrected chi connectivity index (χ0v) is 10.2. The maximum Gasteiger partial charge on any atom is 0.325 e. The number of hydrogen-bond donors (Lipinski definition) is 1. The highest BCUT2D eigenvalue weighted by atomic mass is 16.1. The zero-order valence-electron chi connectivity index (χ0n) is 10.2. The first kappa shape index (κ1) is 12.1. The molecule has 1 aromatic rings. The number of aromatic nitrogens is 2. The molecule has 3 heteroatoms. The standard InChI is InChI=1S/C12H22N2O/c1-9(2)5-6-11-8-14(7-10(3)4)12(15)13-11/h8-10H,5-7H2,1-4H3,(H,13,15). The molecular formula is C12H22N2O. The number of imidazole rings is 1. The lowest BCUT2D eigenvalue weighted by atomic mass is 10.1. The summed E-state index contributed by atoms with van der Waals surface area (Å²) in [6.45, 7) is 9.43. The minimum Gasteiger partial charge on any atom is -0.310 e. The topological polar surface area (TPSA) is 37.8 Å². The molecule has 86 valence electrons. The third kappa shape index (κ3) is 3.94. The summed E-state index contributed by atoms with van der Waals surface area (Å²) in [4.78, 5) is 14.4. The molecule has 0 aromatic carbocycles. The summed E-state index contributed by atoms with van der Waals surface area (Å²) in [5, 5.41) is 0. The van der Waals surface area contributed by atoms with Crippen LogP contribution in [0.15, 0.2) is 11.0 Å². The Morgan fingerprint density at radius 3 is 2.47 bits per heavy atom. The van der Waals surface area contributed by atoms with E-state index >= 15 is 0 Å². The average Bonchev–Trinajstić information content (AvgIpc) is 2.43. The van der Waals surface area contributed by atoms with Gasteiger partial charge in [0.25, 0.3) is 0 Å². The number of aromatic amines is 1. The summed E-state index contributed by atoms with van der Waals surface area (Å²) >= 11 is 0. The van der Waals surface area contributed by atoms with Crippen LogP contribution in [0.1, 0.15) is 39.8 Å². The van der Waals surface area contributed by atoms with Crippen LogP contribution in [-0.2, 0) is 13.0 Å². The summed E-state index contributed by atoms with van der Waals surface area (Å²) in [6.07, 6.45) is 4.06. The molecule has 0 aliphatic rings. The molecule has 0 radical (unpaired) electrons. The highest BCUT2D eigenvalue weighted by molar-refractivity contribution is 4.97. The number of aryl methyl sites for hydroxylation is 1. The van der Waals surface area contributed by atoms with E-state index in [1.807, 2.05) is 6.20 Å². The van der Waals surface area contributed by atoms with Gasteiger partial charge in [0.2, 0.25) is 0 Å². The van der Waals surface area contributed by atoms with Crippen molar-refractivity contribution >= 4 is 0 Å². The molecule has 15 heavy (non-hydrogen) atoms. The van der Waals surface area contributed by atoms with Gasteiger partial charge in [-0.1, -0.05) is 27.7 Å². The van der Waals surface area contributed by atoms with Crippen molar-refractivity contribution in [2.45, 2.75) is 47.1 Å². The van der Waals surface area contributed by atoms with Crippen LogP contribution in [0.5, 0.6) is 0 Å². The molecule has 0 fully saturated rings. The Morgan fingerprint density at radius 1 is 1.27 bits per heavy atom. The van der Waals surface area contributed by atoms with Gasteiger partial charge in [-0.2, -0.15) is 0 Å². The highest BCUT2D eigenvalue weighted by Crippen LogP contribution is 2.06. The van der Waals surface area contributed by atoms with Gasteiger partial charge in [-0.3, -0.25) is 4.57 Å². The van der Waals surface area contributed by atoms with E-state index in [-0.39, 0.29) is 5.69 Å². The molecule has 0 unspecified atom stereocenters. The van der Waals surface area contributed by atoms with Crippen molar-refractivity contribution in [3.63, 3.8) is 0 Å². The molecular weight excluding hydrogens is 188 g/mol. The Bertz CT molecular complexity index is 347. The van der Waals surface area contributed by atoms with E-state index in [9.17, 15) is 4.79 Å². The fraction of sp³-hybridized carbons (Fsp3) is 0.750. The third-order valence-electron chi connectivity index (χ3n) is 2.39. The quantitative estimate of drug-likeness (QED) is 0.796. The molecule has 0 amide bonds. The minimum absolute atomic E-state index is 0.0301. The monoisotopic (exact) mass is 210 g/mol. The van der Waals surface area contributed by atoms with Crippen molar-refractivity contribution < 1.29 is 0 Å². The first-order chi connectivity index (χ1) is 6.99. The normalized spacial score (nSPS) is 11.6. The second-order valence-electron chi connectivity index (χ2n) is 5.06. The van der Waals surface area contributed by atoms with E-state index in [4.69, 9.17) is 0 Å². The van der Waals surface area contributed by atoms with Crippen LogP contribution in [-0.4, -0.2) is 9.55 Å². The van der Waals surface area contributed by atoms with Crippen LogP contribution in [0.2, 0.25) is 0 Å². The molecule has 1 N–H and O–H groups in total. The van der Waals surface area contributed by atoms with Crippen molar-refractivity contribution in [2.24, 2.45) is 11.8 Å². The van der Waals surface area contributed by atoms with Gasteiger partial charge in [0.15, 0.2) is 0 Å². The van der Waals surface area contributed by atoms with Crippen LogP contribution in [0.3, 0.4) is 0 Å². The number of H-pyrrole nitrogens is 1. The van der Waals surface area contributed by atoms with E-state index < -0.39 is 0 Å². The van der Waals surface area contributed by atoms with E-state index in [1.165, 1.54) is 0 Å². The molecule has 0 aliphatic heterocycles. The first-order valence-electron chi connectivity index (χ1n) is 5.77. The maximum absolute atomic E-state index is 11.5. The van der Waals surface area contributed by atoms with Gasteiger partial charge in [0.05, 0.1) is 0 Å². The molecule has 0 bridgehead atoms. The van der Waals surface area contributed by atoms with Crippen LogP contribution in [0.25, 0.3) is 0 Å². The Morgan fingerprint density at radius 2 is 1.93 bits per heavy atom. The van der Waals surface area contributed by atoms with E-state index in [0.717, 1.165) is 25.1 Å². The van der Waals surface area contributed by atoms with Gasteiger partial charge in [-0.25, -0.2) is 4.79 Å². The molecule has 1 heterocycles. The molecule has 0 spiro atoms. The average molecular weight is 210 g/mol. The van der Waals surface area contributed by atoms with Crippen molar-refractivity contribution in [2.75, 3.05) is 0 Å². The van der Waals surface area contributed by atoms with Gasteiger partial charge in [-0.15, -0.1) is 0 Å². The molecule has 3 nitrogen and oxygen atoms in total. The van der Waals surface area contributed by atoms with E-state index in [0.29, 0.717) is 11.8 Å². The lowest BCUT2D eigenvalue weighted by Gasteiger charge is -2.03. The van der Waals surface area contributed by atoms with Crippen molar-refractivity contribution in [3.8, 4) is 0 Å². The molecule has 0 aliphatic carbocycles. The Kier molecular flexibility index (Phi) is 4.18. The summed E-state index contributed by atoms with van der Waals surface area (Å²) < 4.78 is 1.78. The Balaban J connectivity index is 2.64. The number of nitrogens with one attached hydrogen (secondary N) is 1. The number of rotatable bonds is 5. The Hall–Kier alpha value is -0.990. The van der Waals surface area contributed by atoms with Crippen LogP contribution in [0.4, 0.5) is 0 Å². The highest BCUT2D eigenvalue weighted by Gasteiger charge is 2.05. The van der Waals surface area contributed by atoms with Crippen molar-refractivity contribution in [1.82, 2.24) is 9.55 Å². The molecule has 0 saturated heterocycles. The predicted molar refractivity (Wildman–Crippen MR) is 63.0 cm³/mol. The first-order valence-corrected chi connectivity index (χ1v) is 5.77. The number of hydrogen-bond acceptors (Lipinski definition) is 1. The van der Waals surface area contributed by atoms with Gasteiger partial charge in [-0.05, 0) is 24.7 Å². The fourth-order valence-corrected chi connectivity index (χ4v) is 1.59. The zero-order chi connectivity index (χ0) is 11.4. The summed E-state index contributed by atoms with van der Waals surface area (Å²) in [7, 11) is 0. The third-order valence-corrected chi connectivity index (χ3v) is 2.39. The van der Waals surface area contributed by atoms with Gasteiger partial charge >= 0.3 is 5.69 Å². The van der Waals surface area contributed by atoms with Crippen LogP contribution < -0.4 is 5.69 Å². The largest absolute Gasteiger partial charge is 0.325 e. The van der Waals surface area contributed by atoms with Gasteiger partial charge in [0.1, 0.15) is 0 Å². The van der Waals surface area contributed by atoms with E-state index in [1.54, 1.807) is 4.57 Å². The summed E-state index contributed by atoms with van der Waals surface area (Å²) in [5.41, 5.74) is 1.09. The van der Waals surface area contributed by atoms with Crippen LogP contribution in [0, 0.1) is 11.8 Å². The Labute approximate surface area is 91.5 Å². The van der Waals surface area contributed by atoms with Crippen molar-refractivity contribution in [1.29, 1.82) is 0 Å². The second-order valence-corrected chi connectivity index (χ2v) is 5.06. The van der Waals surface area contributed by atoms with Gasteiger partial charge in [0, 0.05) is 18.4 Å². The maximum atomic E-state index is 11.5. The van der Waals surface area contributed by atoms with Crippen LogP contribution >= 0.6 is 0 Å². The fourth-order valence-electron chi connectivity index (χ4n) is 1.59. The molecule has 1 aromatic heterocycles. The molecule has 0 saturated carbocycles. The summed E-state index contributed by atoms with van der Waals surface area (Å²) in [5.74, 6) is 1.19. The molecule has 0 atom stereocenters. The van der Waals surface area contributed by atoms with Crippen molar-refractivity contribution in [3.05, 3.63) is 22.4 Å². The minimum atomic E-state index is 0.0301. The lowest BCUT2D eigenvalue weighted by Crippen LogP contribution is -2.18. The second kappa shape index (κ2) is 5.19. The smallest absolute Gasteiger partial charge is 0.310 e. The van der Waals surface area contributed by atoms with Gasteiger partial charge < -0.3 is 4.98 Å². The SMILES string of the molecule is CC(C)CCc1cn(CC(C)C)c(=O)[nH]1. The lowest BCUT2D eigenvalue weighted by molar-refractivity contribution is 0.512. The van der Waals surface area contributed by atoms with E-state index in [2.05, 4.69) is 32.7 Å². The number of nitrogens with zero attached hydrogens (tertiary/aromatic N) is 1. The summed E-state index contributed by atoms with van der Waals surface area (Å²) in [6, 6.07) is 0.